The van der Waals surface area contributed by atoms with Crippen LogP contribution in [0.1, 0.15) is 5.56 Å². The van der Waals surface area contributed by atoms with Gasteiger partial charge in [0.1, 0.15) is 11.0 Å². The topological polar surface area (TPSA) is 25.8 Å². The summed E-state index contributed by atoms with van der Waals surface area (Å²) in [5.74, 6) is 0.167. The predicted molar refractivity (Wildman–Crippen MR) is 69.9 cm³/mol. The van der Waals surface area contributed by atoms with Crippen molar-refractivity contribution in [3.8, 4) is 11.4 Å². The zero-order chi connectivity index (χ0) is 11.7. The third-order valence-electron chi connectivity index (χ3n) is 2.13. The van der Waals surface area contributed by atoms with Crippen LogP contribution in [-0.4, -0.2) is 9.97 Å². The molecule has 1 heterocycles. The minimum atomic E-state index is -0.268. The maximum Gasteiger partial charge on any atom is 0.161 e. The van der Waals surface area contributed by atoms with Crippen LogP contribution in [0.15, 0.2) is 24.4 Å². The fraction of sp³-hybridized carbons (Fsp3) is 0.0909. The quantitative estimate of drug-likeness (QED) is 0.578. The summed E-state index contributed by atoms with van der Waals surface area (Å²) in [4.78, 5) is 8.20. The molecule has 2 nitrogen and oxygen atoms in total. The van der Waals surface area contributed by atoms with Gasteiger partial charge in [-0.2, -0.15) is 0 Å². The molecule has 0 aliphatic rings. The third kappa shape index (κ3) is 2.32. The molecular formula is C11H7ClFIN2. The number of nitrogens with zero attached hydrogens (tertiary/aromatic N) is 2. The second kappa shape index (κ2) is 4.63. The van der Waals surface area contributed by atoms with Crippen molar-refractivity contribution in [2.75, 3.05) is 0 Å². The average molecular weight is 349 g/mol. The summed E-state index contributed by atoms with van der Waals surface area (Å²) in [5.41, 5.74) is 1.22. The highest BCUT2D eigenvalue weighted by Gasteiger charge is 2.07. The van der Waals surface area contributed by atoms with Crippen molar-refractivity contribution in [3.05, 3.63) is 44.5 Å². The summed E-state index contributed by atoms with van der Waals surface area (Å²) in [5, 5.41) is 0.381. The van der Waals surface area contributed by atoms with Gasteiger partial charge in [-0.05, 0) is 41.1 Å². The summed E-state index contributed by atoms with van der Waals surface area (Å²) in [7, 11) is 0. The standard InChI is InChI=1S/C11H7ClFIN2/c1-6-2-3-7(4-8(6)13)11-15-5-9(14)10(12)16-11/h2-5H,1H3. The van der Waals surface area contributed by atoms with E-state index in [1.807, 2.05) is 22.6 Å². The van der Waals surface area contributed by atoms with E-state index in [4.69, 9.17) is 11.6 Å². The number of rotatable bonds is 1. The summed E-state index contributed by atoms with van der Waals surface area (Å²) >= 11 is 7.92. The second-order valence-electron chi connectivity index (χ2n) is 3.30. The highest BCUT2D eigenvalue weighted by atomic mass is 127. The van der Waals surface area contributed by atoms with Gasteiger partial charge in [-0.15, -0.1) is 0 Å². The molecule has 0 aliphatic heterocycles. The molecule has 0 bridgehead atoms. The van der Waals surface area contributed by atoms with Crippen LogP contribution < -0.4 is 0 Å². The minimum Gasteiger partial charge on any atom is -0.235 e. The Morgan fingerprint density at radius 3 is 2.75 bits per heavy atom. The maximum absolute atomic E-state index is 13.4. The van der Waals surface area contributed by atoms with Gasteiger partial charge in [0.15, 0.2) is 5.82 Å². The van der Waals surface area contributed by atoms with Crippen LogP contribution in [0.2, 0.25) is 5.15 Å². The normalized spacial score (nSPS) is 10.5. The van der Waals surface area contributed by atoms with E-state index < -0.39 is 0 Å². The van der Waals surface area contributed by atoms with Crippen LogP contribution in [0.4, 0.5) is 4.39 Å². The first kappa shape index (κ1) is 11.7. The van der Waals surface area contributed by atoms with Crippen LogP contribution in [0.5, 0.6) is 0 Å². The van der Waals surface area contributed by atoms with Crippen molar-refractivity contribution in [3.63, 3.8) is 0 Å². The van der Waals surface area contributed by atoms with Gasteiger partial charge < -0.3 is 0 Å². The molecule has 16 heavy (non-hydrogen) atoms. The van der Waals surface area contributed by atoms with Gasteiger partial charge in [0.2, 0.25) is 0 Å². The van der Waals surface area contributed by atoms with Crippen LogP contribution in [0.3, 0.4) is 0 Å². The van der Waals surface area contributed by atoms with Crippen molar-refractivity contribution < 1.29 is 4.39 Å². The van der Waals surface area contributed by atoms with E-state index in [-0.39, 0.29) is 5.82 Å². The first-order valence-electron chi connectivity index (χ1n) is 4.52. The highest BCUT2D eigenvalue weighted by Crippen LogP contribution is 2.21. The molecule has 1 aromatic carbocycles. The number of hydrogen-bond acceptors (Lipinski definition) is 2. The van der Waals surface area contributed by atoms with Crippen molar-refractivity contribution in [1.82, 2.24) is 9.97 Å². The monoisotopic (exact) mass is 348 g/mol. The molecule has 0 unspecified atom stereocenters. The minimum absolute atomic E-state index is 0.268. The first-order chi connectivity index (χ1) is 7.58. The molecule has 0 N–H and O–H groups in total. The van der Waals surface area contributed by atoms with Crippen molar-refractivity contribution in [2.45, 2.75) is 6.92 Å². The number of aryl methyl sites for hydroxylation is 1. The molecule has 82 valence electrons. The summed E-state index contributed by atoms with van der Waals surface area (Å²) in [6.07, 6.45) is 1.61. The molecule has 5 heteroatoms. The van der Waals surface area contributed by atoms with E-state index in [0.29, 0.717) is 22.1 Å². The number of aromatic nitrogens is 2. The Morgan fingerprint density at radius 1 is 1.38 bits per heavy atom. The van der Waals surface area contributed by atoms with Crippen LogP contribution in [0.25, 0.3) is 11.4 Å². The Morgan fingerprint density at radius 2 is 2.12 bits per heavy atom. The van der Waals surface area contributed by atoms with E-state index >= 15 is 0 Å². The van der Waals surface area contributed by atoms with Gasteiger partial charge >= 0.3 is 0 Å². The molecule has 0 radical (unpaired) electrons. The second-order valence-corrected chi connectivity index (χ2v) is 4.82. The van der Waals surface area contributed by atoms with Crippen molar-refractivity contribution >= 4 is 34.2 Å². The third-order valence-corrected chi connectivity index (χ3v) is 3.53. The van der Waals surface area contributed by atoms with Gasteiger partial charge in [-0.3, -0.25) is 0 Å². The number of hydrogen-bond donors (Lipinski definition) is 0. The van der Waals surface area contributed by atoms with E-state index in [0.717, 1.165) is 3.57 Å². The Kier molecular flexibility index (Phi) is 3.39. The SMILES string of the molecule is Cc1ccc(-c2ncc(I)c(Cl)n2)cc1F. The Balaban J connectivity index is 2.50. The predicted octanol–water partition coefficient (Wildman–Crippen LogP) is 3.85. The summed E-state index contributed by atoms with van der Waals surface area (Å²) in [6.45, 7) is 1.71. The Hall–Kier alpha value is -0.750. The summed E-state index contributed by atoms with van der Waals surface area (Å²) < 4.78 is 14.1. The lowest BCUT2D eigenvalue weighted by atomic mass is 10.1. The molecule has 0 aliphatic carbocycles. The zero-order valence-corrected chi connectivity index (χ0v) is 11.3. The molecule has 0 fully saturated rings. The van der Waals surface area contributed by atoms with Gasteiger partial charge in [0.25, 0.3) is 0 Å². The van der Waals surface area contributed by atoms with Crippen molar-refractivity contribution in [1.29, 1.82) is 0 Å². The molecule has 0 spiro atoms. The lowest BCUT2D eigenvalue weighted by Crippen LogP contribution is -1.92. The molecule has 0 amide bonds. The van der Waals surface area contributed by atoms with Crippen LogP contribution >= 0.6 is 34.2 Å². The fourth-order valence-electron chi connectivity index (χ4n) is 1.22. The molecule has 0 saturated carbocycles. The smallest absolute Gasteiger partial charge is 0.161 e. The van der Waals surface area contributed by atoms with Crippen LogP contribution in [0, 0.1) is 16.3 Å². The lowest BCUT2D eigenvalue weighted by molar-refractivity contribution is 0.619. The van der Waals surface area contributed by atoms with E-state index in [1.54, 1.807) is 25.3 Å². The van der Waals surface area contributed by atoms with Gasteiger partial charge in [-0.25, -0.2) is 14.4 Å². The van der Waals surface area contributed by atoms with E-state index in [2.05, 4.69) is 9.97 Å². The fourth-order valence-corrected chi connectivity index (χ4v) is 1.61. The van der Waals surface area contributed by atoms with Gasteiger partial charge in [-0.1, -0.05) is 23.7 Å². The van der Waals surface area contributed by atoms with Gasteiger partial charge in [0.05, 0.1) is 3.57 Å². The summed E-state index contributed by atoms with van der Waals surface area (Å²) in [6, 6.07) is 4.88. The molecule has 0 atom stereocenters. The molecular weight excluding hydrogens is 341 g/mol. The average Bonchev–Trinajstić information content (AvgIpc) is 2.26. The molecule has 1 aromatic heterocycles. The highest BCUT2D eigenvalue weighted by molar-refractivity contribution is 14.1. The molecule has 0 saturated heterocycles. The van der Waals surface area contributed by atoms with E-state index in [9.17, 15) is 4.39 Å². The van der Waals surface area contributed by atoms with E-state index in [1.165, 1.54) is 6.07 Å². The largest absolute Gasteiger partial charge is 0.235 e. The lowest BCUT2D eigenvalue weighted by Gasteiger charge is -2.03. The maximum atomic E-state index is 13.4. The van der Waals surface area contributed by atoms with Crippen LogP contribution in [-0.2, 0) is 0 Å². The van der Waals surface area contributed by atoms with Gasteiger partial charge in [0, 0.05) is 11.8 Å². The molecule has 2 rings (SSSR count). The number of halogens is 3. The first-order valence-corrected chi connectivity index (χ1v) is 5.98. The van der Waals surface area contributed by atoms with Crippen molar-refractivity contribution in [2.24, 2.45) is 0 Å². The zero-order valence-electron chi connectivity index (χ0n) is 8.34. The Bertz CT molecular complexity index is 496. The molecule has 2 aromatic rings. The number of benzene rings is 1. The Labute approximate surface area is 111 Å².